The lowest BCUT2D eigenvalue weighted by molar-refractivity contribution is -0.133. The number of nitrogens with zero attached hydrogens (tertiary/aromatic N) is 2. The van der Waals surface area contributed by atoms with Crippen LogP contribution in [0.2, 0.25) is 0 Å². The van der Waals surface area contributed by atoms with Gasteiger partial charge in [0.2, 0.25) is 5.91 Å². The molecule has 1 saturated carbocycles. The fourth-order valence-corrected chi connectivity index (χ4v) is 5.02. The minimum absolute atomic E-state index is 0.0349. The summed E-state index contributed by atoms with van der Waals surface area (Å²) in [5, 5.41) is 3.33. The highest BCUT2D eigenvalue weighted by atomic mass is 16.3. The molecule has 1 aliphatic heterocycles. The summed E-state index contributed by atoms with van der Waals surface area (Å²) in [5.74, 6) is 0.601. The Hall–Kier alpha value is -2.50. The molecular weight excluding hydrogens is 390 g/mol. The van der Waals surface area contributed by atoms with Crippen LogP contribution in [0.3, 0.4) is 0 Å². The van der Waals surface area contributed by atoms with Crippen molar-refractivity contribution >= 4 is 11.8 Å². The highest BCUT2D eigenvalue weighted by Gasteiger charge is 2.48. The molecule has 6 nitrogen and oxygen atoms in total. The second-order valence-corrected chi connectivity index (χ2v) is 9.27. The molecule has 0 unspecified atom stereocenters. The average molecular weight is 426 g/mol. The van der Waals surface area contributed by atoms with Crippen molar-refractivity contribution in [3.05, 3.63) is 36.2 Å². The maximum Gasteiger partial charge on any atom is 0.271 e. The van der Waals surface area contributed by atoms with Gasteiger partial charge in [-0.3, -0.25) is 9.59 Å². The number of hydrogen-bond donors (Lipinski definition) is 1. The Morgan fingerprint density at radius 1 is 1.13 bits per heavy atom. The molecular formula is C25H35N3O3. The van der Waals surface area contributed by atoms with Gasteiger partial charge < -0.3 is 19.2 Å². The predicted octanol–water partition coefficient (Wildman–Crippen LogP) is 4.99. The lowest BCUT2D eigenvalue weighted by Crippen LogP contribution is -2.65. The van der Waals surface area contributed by atoms with Crippen LogP contribution in [0.4, 0.5) is 0 Å². The molecule has 1 fully saturated rings. The molecule has 6 heteroatoms. The van der Waals surface area contributed by atoms with Crippen molar-refractivity contribution in [1.29, 1.82) is 0 Å². The monoisotopic (exact) mass is 425 g/mol. The van der Waals surface area contributed by atoms with Crippen molar-refractivity contribution in [3.8, 4) is 11.5 Å². The zero-order valence-electron chi connectivity index (χ0n) is 18.9. The molecule has 2 aliphatic rings. The Balaban J connectivity index is 1.64. The molecule has 1 N–H and O–H groups in total. The summed E-state index contributed by atoms with van der Waals surface area (Å²) >= 11 is 0. The number of hydrogen-bond acceptors (Lipinski definition) is 3. The van der Waals surface area contributed by atoms with Crippen molar-refractivity contribution in [1.82, 2.24) is 14.8 Å². The van der Waals surface area contributed by atoms with Gasteiger partial charge in [-0.2, -0.15) is 0 Å². The summed E-state index contributed by atoms with van der Waals surface area (Å²) in [6, 6.07) is 7.70. The predicted molar refractivity (Wildman–Crippen MR) is 121 cm³/mol. The summed E-state index contributed by atoms with van der Waals surface area (Å²) in [6.07, 6.45) is 11.6. The fourth-order valence-electron chi connectivity index (χ4n) is 5.02. The Kier molecular flexibility index (Phi) is 6.54. The van der Waals surface area contributed by atoms with Gasteiger partial charge in [0.1, 0.15) is 17.0 Å². The maximum atomic E-state index is 13.7. The SMILES string of the molecule is CCCCN1C(=O)c2ccc(-c3ccco3)n2C[C@@]1(C)C(=O)NC1CCCCCCC1. The molecule has 0 aromatic carbocycles. The van der Waals surface area contributed by atoms with E-state index >= 15 is 0 Å². The molecule has 2 aromatic rings. The number of carbonyl (C=O) groups excluding carboxylic acids is 2. The van der Waals surface area contributed by atoms with Gasteiger partial charge in [-0.1, -0.05) is 45.4 Å². The van der Waals surface area contributed by atoms with Crippen LogP contribution in [0.5, 0.6) is 0 Å². The van der Waals surface area contributed by atoms with Crippen molar-refractivity contribution in [2.45, 2.75) is 89.8 Å². The third kappa shape index (κ3) is 4.30. The second kappa shape index (κ2) is 9.33. The van der Waals surface area contributed by atoms with Gasteiger partial charge in [-0.05, 0) is 50.5 Å². The highest BCUT2D eigenvalue weighted by Crippen LogP contribution is 2.34. The molecule has 0 saturated heterocycles. The number of fused-ring (bicyclic) bond motifs is 1. The van der Waals surface area contributed by atoms with E-state index < -0.39 is 5.54 Å². The number of carbonyl (C=O) groups is 2. The minimum Gasteiger partial charge on any atom is -0.463 e. The van der Waals surface area contributed by atoms with Crippen LogP contribution in [0.1, 0.15) is 82.1 Å². The molecule has 2 amide bonds. The van der Waals surface area contributed by atoms with E-state index in [0.29, 0.717) is 24.5 Å². The molecule has 168 valence electrons. The molecule has 3 heterocycles. The van der Waals surface area contributed by atoms with E-state index in [2.05, 4.69) is 12.2 Å². The van der Waals surface area contributed by atoms with E-state index in [1.807, 2.05) is 35.8 Å². The number of nitrogens with one attached hydrogen (secondary N) is 1. The summed E-state index contributed by atoms with van der Waals surface area (Å²) < 4.78 is 7.56. The normalized spacial score (nSPS) is 22.6. The number of furan rings is 1. The van der Waals surface area contributed by atoms with E-state index in [1.54, 1.807) is 11.2 Å². The number of unbranched alkanes of at least 4 members (excludes halogenated alkanes) is 1. The standard InChI is InChI=1S/C25H35N3O3/c1-3-4-16-28-23(29)21-15-14-20(22-13-10-17-31-22)27(21)18-25(28,2)24(30)26-19-11-8-6-5-7-9-12-19/h10,13-15,17,19H,3-9,11-12,16,18H2,1-2H3,(H,26,30)/t25-/m0/s1. The van der Waals surface area contributed by atoms with Crippen LogP contribution in [0.25, 0.3) is 11.5 Å². The zero-order chi connectivity index (χ0) is 21.8. The van der Waals surface area contributed by atoms with Crippen LogP contribution in [-0.2, 0) is 11.3 Å². The summed E-state index contributed by atoms with van der Waals surface area (Å²) in [7, 11) is 0. The van der Waals surface area contributed by atoms with Gasteiger partial charge in [0, 0.05) is 12.6 Å². The van der Waals surface area contributed by atoms with Gasteiger partial charge in [0.25, 0.3) is 5.91 Å². The lowest BCUT2D eigenvalue weighted by Gasteiger charge is -2.45. The van der Waals surface area contributed by atoms with Crippen LogP contribution in [0, 0.1) is 0 Å². The van der Waals surface area contributed by atoms with Gasteiger partial charge in [0.05, 0.1) is 18.5 Å². The van der Waals surface area contributed by atoms with E-state index in [0.717, 1.165) is 44.2 Å². The summed E-state index contributed by atoms with van der Waals surface area (Å²) in [4.78, 5) is 29.0. The first-order valence-corrected chi connectivity index (χ1v) is 11.9. The van der Waals surface area contributed by atoms with E-state index in [9.17, 15) is 9.59 Å². The quantitative estimate of drug-likeness (QED) is 0.709. The Morgan fingerprint density at radius 2 is 1.84 bits per heavy atom. The van der Waals surface area contributed by atoms with E-state index in [1.165, 1.54) is 19.3 Å². The van der Waals surface area contributed by atoms with Crippen molar-refractivity contribution in [3.63, 3.8) is 0 Å². The van der Waals surface area contributed by atoms with Gasteiger partial charge >= 0.3 is 0 Å². The molecule has 2 aromatic heterocycles. The molecule has 31 heavy (non-hydrogen) atoms. The third-order valence-electron chi connectivity index (χ3n) is 6.95. The second-order valence-electron chi connectivity index (χ2n) is 9.27. The first kappa shape index (κ1) is 21.7. The van der Waals surface area contributed by atoms with Crippen molar-refractivity contribution in [2.24, 2.45) is 0 Å². The Morgan fingerprint density at radius 3 is 2.52 bits per heavy atom. The van der Waals surface area contributed by atoms with E-state index in [4.69, 9.17) is 4.42 Å². The van der Waals surface area contributed by atoms with Crippen LogP contribution < -0.4 is 5.32 Å². The van der Waals surface area contributed by atoms with Crippen LogP contribution in [0.15, 0.2) is 34.9 Å². The first-order chi connectivity index (χ1) is 15.0. The van der Waals surface area contributed by atoms with Crippen molar-refractivity contribution < 1.29 is 14.0 Å². The fraction of sp³-hybridized carbons (Fsp3) is 0.600. The molecule has 1 atom stereocenters. The lowest BCUT2D eigenvalue weighted by atomic mass is 9.91. The van der Waals surface area contributed by atoms with Crippen LogP contribution in [-0.4, -0.2) is 39.4 Å². The van der Waals surface area contributed by atoms with E-state index in [-0.39, 0.29) is 17.9 Å². The minimum atomic E-state index is -0.929. The molecule has 0 bridgehead atoms. The Bertz CT molecular complexity index is 893. The molecule has 1 aliphatic carbocycles. The average Bonchev–Trinajstić information content (AvgIpc) is 3.39. The number of rotatable bonds is 6. The Labute approximate surface area is 185 Å². The smallest absolute Gasteiger partial charge is 0.271 e. The molecule has 0 radical (unpaired) electrons. The topological polar surface area (TPSA) is 67.5 Å². The van der Waals surface area contributed by atoms with Gasteiger partial charge in [0.15, 0.2) is 0 Å². The number of aromatic nitrogens is 1. The molecule has 4 rings (SSSR count). The summed E-state index contributed by atoms with van der Waals surface area (Å²) in [5.41, 5.74) is 0.536. The van der Waals surface area contributed by atoms with Gasteiger partial charge in [-0.25, -0.2) is 0 Å². The van der Waals surface area contributed by atoms with Crippen molar-refractivity contribution in [2.75, 3.05) is 6.54 Å². The van der Waals surface area contributed by atoms with Gasteiger partial charge in [-0.15, -0.1) is 0 Å². The first-order valence-electron chi connectivity index (χ1n) is 11.9. The zero-order valence-corrected chi connectivity index (χ0v) is 18.9. The summed E-state index contributed by atoms with van der Waals surface area (Å²) in [6.45, 7) is 5.05. The maximum absolute atomic E-state index is 13.7. The highest BCUT2D eigenvalue weighted by molar-refractivity contribution is 6.00. The molecule has 0 spiro atoms. The largest absolute Gasteiger partial charge is 0.463 e. The van der Waals surface area contributed by atoms with Crippen LogP contribution >= 0.6 is 0 Å². The third-order valence-corrected chi connectivity index (χ3v) is 6.95. The number of amides is 2.